The third-order valence-corrected chi connectivity index (χ3v) is 12.3. The lowest BCUT2D eigenvalue weighted by atomic mass is 9.70. The van der Waals surface area contributed by atoms with Gasteiger partial charge < -0.3 is 44.3 Å². The van der Waals surface area contributed by atoms with Crippen molar-refractivity contribution in [1.29, 1.82) is 0 Å². The Kier molecular flexibility index (Phi) is 11.8. The van der Waals surface area contributed by atoms with Crippen molar-refractivity contribution in [3.05, 3.63) is 0 Å². The van der Waals surface area contributed by atoms with E-state index in [9.17, 15) is 19.5 Å². The molecule has 280 valence electrons. The Hall–Kier alpha value is -1.83. The van der Waals surface area contributed by atoms with Crippen molar-refractivity contribution in [3.63, 3.8) is 0 Å². The van der Waals surface area contributed by atoms with Crippen LogP contribution >= 0.6 is 0 Å². The van der Waals surface area contributed by atoms with E-state index in [2.05, 4.69) is 24.5 Å². The minimum atomic E-state index is -1.54. The number of likely N-dealkylation sites (N-methyl/N-ethyl adjacent to an activating group) is 1. The number of rotatable bonds is 8. The van der Waals surface area contributed by atoms with Crippen LogP contribution in [-0.2, 0) is 33.3 Å². The van der Waals surface area contributed by atoms with Gasteiger partial charge in [0.05, 0.1) is 23.9 Å². The zero-order valence-electron chi connectivity index (χ0n) is 31.3. The quantitative estimate of drug-likeness (QED) is 0.252. The highest BCUT2D eigenvalue weighted by Crippen LogP contribution is 2.44. The molecule has 6 rings (SSSR count). The molecule has 6 aliphatic rings. The van der Waals surface area contributed by atoms with Crippen LogP contribution in [0.25, 0.3) is 0 Å². The summed E-state index contributed by atoms with van der Waals surface area (Å²) in [7, 11) is 3.89. The van der Waals surface area contributed by atoms with Gasteiger partial charge in [-0.2, -0.15) is 0 Å². The summed E-state index contributed by atoms with van der Waals surface area (Å²) in [5.41, 5.74) is -3.57. The van der Waals surface area contributed by atoms with Gasteiger partial charge in [0.2, 0.25) is 0 Å². The summed E-state index contributed by atoms with van der Waals surface area (Å²) in [4.78, 5) is 43.5. The van der Waals surface area contributed by atoms with E-state index in [1.54, 1.807) is 13.8 Å². The number of hydrogen-bond donors (Lipinski definition) is 3. The highest BCUT2D eigenvalue weighted by Gasteiger charge is 2.58. The predicted molar refractivity (Wildman–Crippen MR) is 183 cm³/mol. The maximum atomic E-state index is 14.7. The summed E-state index contributed by atoms with van der Waals surface area (Å²) >= 11 is 0. The van der Waals surface area contributed by atoms with E-state index in [1.807, 2.05) is 39.8 Å². The molecular weight excluding hydrogens is 630 g/mol. The Bertz CT molecular complexity index is 1200. The van der Waals surface area contributed by atoms with Gasteiger partial charge in [-0.25, -0.2) is 4.79 Å². The summed E-state index contributed by atoms with van der Waals surface area (Å²) in [6.07, 6.45) is 1.60. The maximum absolute atomic E-state index is 14.7. The lowest BCUT2D eigenvalue weighted by molar-refractivity contribution is -0.301. The fourth-order valence-electron chi connectivity index (χ4n) is 9.00. The molecule has 0 radical (unpaired) electrons. The minimum Gasteiger partial charge on any atom is -0.457 e. The number of nitrogens with one attached hydrogen (secondary N) is 2. The number of aliphatic hydroxyl groups is 1. The first-order chi connectivity index (χ1) is 23.0. The number of Topliss-reactive ketones (excluding diaryl/α,β-unsaturated/α-hetero) is 1. The van der Waals surface area contributed by atoms with Crippen LogP contribution in [0.3, 0.4) is 0 Å². The molecule has 0 aromatic carbocycles. The number of ketones is 1. The standard InChI is InChI=1S/C37H63N3O9/c1-10-27-37(7)29(39-34(44)49-37)22(3)12-11-21(2)18-36(6)31(23(4)30(42)35(5,15-16-45-36)33(43)47-27)48-32-28(41)26(40(8)9)17-25(46-32)20-38-19-24-13-14-24/h21-29,31-32,38,41H,10-20H2,1-9H3,(H,39,44)/t21-,22-,23-,25-,26-,27+,28+,29+,31+,32-,35+,36-,37+/m0/s1. The van der Waals surface area contributed by atoms with Crippen LogP contribution in [0.15, 0.2) is 0 Å². The van der Waals surface area contributed by atoms with Gasteiger partial charge in [-0.1, -0.05) is 34.1 Å². The summed E-state index contributed by atoms with van der Waals surface area (Å²) < 4.78 is 32.1. The number of fused-ring (bicyclic) bond motifs is 10. The van der Waals surface area contributed by atoms with E-state index in [0.717, 1.165) is 25.3 Å². The van der Waals surface area contributed by atoms with E-state index < -0.39 is 59.2 Å². The van der Waals surface area contributed by atoms with E-state index in [0.29, 0.717) is 25.8 Å². The third kappa shape index (κ3) is 7.99. The maximum Gasteiger partial charge on any atom is 0.408 e. The smallest absolute Gasteiger partial charge is 0.408 e. The summed E-state index contributed by atoms with van der Waals surface area (Å²) in [6.45, 7) is 15.1. The first-order valence-electron chi connectivity index (χ1n) is 18.8. The Balaban J connectivity index is 1.48. The predicted octanol–water partition coefficient (Wildman–Crippen LogP) is 3.81. The zero-order valence-corrected chi connectivity index (χ0v) is 31.3. The summed E-state index contributed by atoms with van der Waals surface area (Å²) in [5.74, 6) is -0.857. The topological polar surface area (TPSA) is 145 Å². The number of nitrogens with zero attached hydrogens (tertiary/aromatic N) is 1. The summed E-state index contributed by atoms with van der Waals surface area (Å²) in [5, 5.41) is 18.2. The molecule has 13 atom stereocenters. The number of carbonyl (C=O) groups is 3. The van der Waals surface area contributed by atoms with Gasteiger partial charge in [-0.15, -0.1) is 0 Å². The molecule has 0 spiro atoms. The summed E-state index contributed by atoms with van der Waals surface area (Å²) in [6, 6.07) is -0.587. The van der Waals surface area contributed by atoms with Crippen molar-refractivity contribution >= 4 is 17.8 Å². The first-order valence-corrected chi connectivity index (χ1v) is 18.8. The van der Waals surface area contributed by atoms with E-state index in [1.165, 1.54) is 12.8 Å². The average molecular weight is 694 g/mol. The number of alkyl carbamates (subject to hydrolysis) is 1. The van der Waals surface area contributed by atoms with E-state index in [-0.39, 0.29) is 48.8 Å². The van der Waals surface area contributed by atoms with Crippen LogP contribution in [0, 0.1) is 29.1 Å². The molecule has 0 aromatic heterocycles. The Morgan fingerprint density at radius 3 is 2.41 bits per heavy atom. The number of aliphatic hydroxyl groups excluding tert-OH is 1. The van der Waals surface area contributed by atoms with Crippen molar-refractivity contribution in [2.75, 3.05) is 33.8 Å². The van der Waals surface area contributed by atoms with Gasteiger partial charge in [0, 0.05) is 25.1 Å². The lowest BCUT2D eigenvalue weighted by Gasteiger charge is -2.49. The van der Waals surface area contributed by atoms with Crippen LogP contribution in [0.1, 0.15) is 99.8 Å². The lowest BCUT2D eigenvalue weighted by Crippen LogP contribution is -2.62. The van der Waals surface area contributed by atoms with Crippen LogP contribution in [0.5, 0.6) is 0 Å². The highest BCUT2D eigenvalue weighted by molar-refractivity contribution is 6.04. The Labute approximate surface area is 293 Å². The Morgan fingerprint density at radius 1 is 1.04 bits per heavy atom. The molecule has 49 heavy (non-hydrogen) atoms. The average Bonchev–Trinajstić information content (AvgIpc) is 3.81. The molecule has 0 unspecified atom stereocenters. The van der Waals surface area contributed by atoms with E-state index >= 15 is 0 Å². The van der Waals surface area contributed by atoms with Crippen LogP contribution < -0.4 is 10.6 Å². The Morgan fingerprint density at radius 2 is 1.76 bits per heavy atom. The van der Waals surface area contributed by atoms with Gasteiger partial charge in [0.25, 0.3) is 0 Å². The van der Waals surface area contributed by atoms with Gasteiger partial charge in [0.1, 0.15) is 17.6 Å². The number of ether oxygens (including phenoxy) is 5. The zero-order chi connectivity index (χ0) is 35.9. The largest absolute Gasteiger partial charge is 0.457 e. The molecule has 1 amide bonds. The highest BCUT2D eigenvalue weighted by atomic mass is 16.7. The molecule has 12 nitrogen and oxygen atoms in total. The van der Waals surface area contributed by atoms with Gasteiger partial charge in [0.15, 0.2) is 17.7 Å². The second-order valence-electron chi connectivity index (χ2n) is 16.8. The SMILES string of the molecule is CC[C@H]1OC(=O)[C@]2(C)CCO[C@@](C)(C[C@@H](C)CC[C@H](C)[C@H]3NC(=O)O[C@@]31C)[C@H](O[C@@H]1O[C@H](CNCC3CC3)C[C@H](N(C)C)[C@H]1O)[C@@H](C)C2=O. The van der Waals surface area contributed by atoms with Crippen LogP contribution in [-0.4, -0.2) is 116 Å². The van der Waals surface area contributed by atoms with Crippen molar-refractivity contribution in [2.45, 2.75) is 154 Å². The van der Waals surface area contributed by atoms with Crippen molar-refractivity contribution in [2.24, 2.45) is 29.1 Å². The van der Waals surface area contributed by atoms with Gasteiger partial charge in [-0.05, 0) is 104 Å². The molecule has 1 aliphatic carbocycles. The first kappa shape index (κ1) is 38.4. The van der Waals surface area contributed by atoms with Crippen molar-refractivity contribution in [1.82, 2.24) is 15.5 Å². The molecule has 5 aliphatic heterocycles. The molecule has 0 aromatic rings. The molecule has 3 N–H and O–H groups in total. The number of hydrogen-bond acceptors (Lipinski definition) is 11. The molecule has 6 fully saturated rings. The van der Waals surface area contributed by atoms with Crippen LogP contribution in [0.2, 0.25) is 0 Å². The van der Waals surface area contributed by atoms with Crippen molar-refractivity contribution < 1.29 is 43.2 Å². The molecule has 2 bridgehead atoms. The minimum absolute atomic E-state index is 0.0206. The molecule has 5 saturated heterocycles. The molecular formula is C37H63N3O9. The van der Waals surface area contributed by atoms with Gasteiger partial charge >= 0.3 is 12.1 Å². The normalized spacial score (nSPS) is 45.5. The second kappa shape index (κ2) is 15.0. The fraction of sp³-hybridized carbons (Fsp3) is 0.919. The fourth-order valence-corrected chi connectivity index (χ4v) is 9.00. The van der Waals surface area contributed by atoms with Crippen LogP contribution in [0.4, 0.5) is 4.79 Å². The van der Waals surface area contributed by atoms with Crippen molar-refractivity contribution in [3.8, 4) is 0 Å². The number of esters is 1. The van der Waals surface area contributed by atoms with E-state index in [4.69, 9.17) is 23.7 Å². The molecule has 1 saturated carbocycles. The van der Waals surface area contributed by atoms with Gasteiger partial charge in [-0.3, -0.25) is 9.59 Å². The second-order valence-corrected chi connectivity index (χ2v) is 16.8. The number of amides is 1. The monoisotopic (exact) mass is 693 g/mol. The molecule has 5 heterocycles. The number of carbonyl (C=O) groups excluding carboxylic acids is 3. The molecule has 12 heteroatoms. The third-order valence-electron chi connectivity index (χ3n) is 12.3.